The van der Waals surface area contributed by atoms with Crippen LogP contribution in [0.3, 0.4) is 0 Å². The molecule has 1 N–H and O–H groups in total. The number of nitrogens with zero attached hydrogens (tertiary/aromatic N) is 1. The highest BCUT2D eigenvalue weighted by molar-refractivity contribution is 6.30. The van der Waals surface area contributed by atoms with Crippen molar-refractivity contribution < 1.29 is 4.39 Å². The molecule has 0 radical (unpaired) electrons. The lowest BCUT2D eigenvalue weighted by molar-refractivity contribution is 0.621. The Hall–Kier alpha value is -1.11. The minimum absolute atomic E-state index is 0.0423. The second kappa shape index (κ2) is 4.94. The summed E-state index contributed by atoms with van der Waals surface area (Å²) in [5.41, 5.74) is 0.681. The average molecular weight is 213 g/mol. The highest BCUT2D eigenvalue weighted by Gasteiger charge is 2.10. The second-order valence-corrected chi connectivity index (χ2v) is 3.20. The number of halogens is 2. The fourth-order valence-corrected chi connectivity index (χ4v) is 1.32. The van der Waals surface area contributed by atoms with E-state index in [1.807, 2.05) is 6.92 Å². The fraction of sp³-hybridized carbons (Fsp3) is 0.300. The van der Waals surface area contributed by atoms with Crippen molar-refractivity contribution in [3.63, 3.8) is 0 Å². The van der Waals surface area contributed by atoms with Crippen molar-refractivity contribution >= 4 is 11.6 Å². The zero-order valence-electron chi connectivity index (χ0n) is 7.72. The van der Waals surface area contributed by atoms with Gasteiger partial charge in [0.2, 0.25) is 0 Å². The van der Waals surface area contributed by atoms with Gasteiger partial charge in [0.05, 0.1) is 11.1 Å². The Morgan fingerprint density at radius 3 is 2.86 bits per heavy atom. The predicted molar refractivity (Wildman–Crippen MR) is 53.4 cm³/mol. The van der Waals surface area contributed by atoms with Gasteiger partial charge in [-0.1, -0.05) is 24.6 Å². The van der Waals surface area contributed by atoms with Gasteiger partial charge in [-0.05, 0) is 24.2 Å². The Morgan fingerprint density at radius 1 is 1.64 bits per heavy atom. The second-order valence-electron chi connectivity index (χ2n) is 2.79. The molecule has 0 aliphatic carbocycles. The summed E-state index contributed by atoms with van der Waals surface area (Å²) >= 11 is 5.60. The van der Waals surface area contributed by atoms with Crippen LogP contribution in [0.4, 0.5) is 4.39 Å². The Morgan fingerprint density at radius 2 is 2.36 bits per heavy atom. The molecule has 0 saturated heterocycles. The van der Waals surface area contributed by atoms with Crippen molar-refractivity contribution in [2.45, 2.75) is 13.0 Å². The van der Waals surface area contributed by atoms with E-state index in [2.05, 4.69) is 11.4 Å². The average Bonchev–Trinajstić information content (AvgIpc) is 2.19. The van der Waals surface area contributed by atoms with Crippen molar-refractivity contribution in [1.29, 1.82) is 5.26 Å². The molecule has 0 amide bonds. The van der Waals surface area contributed by atoms with Crippen LogP contribution in [0.25, 0.3) is 0 Å². The summed E-state index contributed by atoms with van der Waals surface area (Å²) in [7, 11) is 0. The molecule has 0 saturated carbocycles. The summed E-state index contributed by atoms with van der Waals surface area (Å²) in [4.78, 5) is 0. The lowest BCUT2D eigenvalue weighted by Gasteiger charge is -2.10. The minimum Gasteiger partial charge on any atom is -0.298 e. The zero-order valence-corrected chi connectivity index (χ0v) is 8.48. The van der Waals surface area contributed by atoms with E-state index in [4.69, 9.17) is 16.9 Å². The van der Waals surface area contributed by atoms with Crippen LogP contribution in [0.15, 0.2) is 18.2 Å². The first-order chi connectivity index (χ1) is 6.69. The molecular weight excluding hydrogens is 203 g/mol. The van der Waals surface area contributed by atoms with E-state index in [1.165, 1.54) is 12.1 Å². The van der Waals surface area contributed by atoms with Crippen molar-refractivity contribution in [3.8, 4) is 6.07 Å². The van der Waals surface area contributed by atoms with Crippen LogP contribution in [0.2, 0.25) is 5.02 Å². The maximum Gasteiger partial charge on any atom is 0.141 e. The van der Waals surface area contributed by atoms with Crippen LogP contribution in [-0.2, 0) is 0 Å². The molecular formula is C10H10ClFN2. The van der Waals surface area contributed by atoms with E-state index in [0.29, 0.717) is 12.1 Å². The predicted octanol–water partition coefficient (Wildman–Crippen LogP) is 2.65. The first-order valence-corrected chi connectivity index (χ1v) is 4.64. The van der Waals surface area contributed by atoms with Gasteiger partial charge in [0.25, 0.3) is 0 Å². The number of rotatable bonds is 3. The Kier molecular flexibility index (Phi) is 3.87. The van der Waals surface area contributed by atoms with Gasteiger partial charge in [0.15, 0.2) is 0 Å². The third-order valence-corrected chi connectivity index (χ3v) is 2.10. The molecule has 0 spiro atoms. The number of benzene rings is 1. The van der Waals surface area contributed by atoms with E-state index in [1.54, 1.807) is 6.07 Å². The summed E-state index contributed by atoms with van der Waals surface area (Å²) < 4.78 is 12.8. The van der Waals surface area contributed by atoms with E-state index in [-0.39, 0.29) is 5.02 Å². The molecule has 1 atom stereocenters. The molecule has 0 aliphatic rings. The van der Waals surface area contributed by atoms with E-state index in [9.17, 15) is 4.39 Å². The molecule has 1 aromatic carbocycles. The number of nitrogens with one attached hydrogen (secondary N) is 1. The van der Waals surface area contributed by atoms with Gasteiger partial charge in [-0.15, -0.1) is 0 Å². The first-order valence-electron chi connectivity index (χ1n) is 4.27. The quantitative estimate of drug-likeness (QED) is 0.836. The molecule has 1 rings (SSSR count). The Bertz CT molecular complexity index is 360. The first kappa shape index (κ1) is 11.0. The van der Waals surface area contributed by atoms with Crippen LogP contribution < -0.4 is 5.32 Å². The molecule has 1 unspecified atom stereocenters. The smallest absolute Gasteiger partial charge is 0.141 e. The summed E-state index contributed by atoms with van der Waals surface area (Å²) in [5, 5.41) is 11.8. The van der Waals surface area contributed by atoms with Crippen molar-refractivity contribution in [2.24, 2.45) is 0 Å². The molecule has 1 aromatic rings. The monoisotopic (exact) mass is 212 g/mol. The van der Waals surface area contributed by atoms with Gasteiger partial charge in [-0.25, -0.2) is 4.39 Å². The third-order valence-electron chi connectivity index (χ3n) is 1.81. The number of hydrogen-bond acceptors (Lipinski definition) is 2. The van der Waals surface area contributed by atoms with Gasteiger partial charge in [-0.3, -0.25) is 5.32 Å². The summed E-state index contributed by atoms with van der Waals surface area (Å²) in [6.07, 6.45) is 0. The SMILES string of the molecule is CCNC(C#N)c1ccc(F)c(Cl)c1. The van der Waals surface area contributed by atoms with Gasteiger partial charge < -0.3 is 0 Å². The molecule has 2 nitrogen and oxygen atoms in total. The fourth-order valence-electron chi connectivity index (χ4n) is 1.13. The molecule has 4 heteroatoms. The van der Waals surface area contributed by atoms with E-state index in [0.717, 1.165) is 0 Å². The third kappa shape index (κ3) is 2.44. The lowest BCUT2D eigenvalue weighted by atomic mass is 10.1. The van der Waals surface area contributed by atoms with Gasteiger partial charge in [0, 0.05) is 0 Å². The Labute approximate surface area is 87.3 Å². The molecule has 0 aliphatic heterocycles. The summed E-state index contributed by atoms with van der Waals surface area (Å²) in [6, 6.07) is 5.92. The van der Waals surface area contributed by atoms with Gasteiger partial charge in [-0.2, -0.15) is 5.26 Å². The van der Waals surface area contributed by atoms with Gasteiger partial charge in [0.1, 0.15) is 11.9 Å². The zero-order chi connectivity index (χ0) is 10.6. The molecule has 0 fully saturated rings. The maximum atomic E-state index is 12.8. The molecule has 74 valence electrons. The van der Waals surface area contributed by atoms with Crippen LogP contribution in [0, 0.1) is 17.1 Å². The van der Waals surface area contributed by atoms with Crippen molar-refractivity contribution in [1.82, 2.24) is 5.32 Å². The topological polar surface area (TPSA) is 35.8 Å². The summed E-state index contributed by atoms with van der Waals surface area (Å²) in [5.74, 6) is -0.469. The highest BCUT2D eigenvalue weighted by Crippen LogP contribution is 2.20. The normalized spacial score (nSPS) is 12.1. The van der Waals surface area contributed by atoms with E-state index < -0.39 is 11.9 Å². The van der Waals surface area contributed by atoms with E-state index >= 15 is 0 Å². The highest BCUT2D eigenvalue weighted by atomic mass is 35.5. The standard InChI is InChI=1S/C10H10ClFN2/c1-2-14-10(6-13)7-3-4-9(12)8(11)5-7/h3-5,10,14H,2H2,1H3. The number of nitriles is 1. The Balaban J connectivity index is 2.95. The maximum absolute atomic E-state index is 12.8. The molecule has 0 aromatic heterocycles. The lowest BCUT2D eigenvalue weighted by Crippen LogP contribution is -2.19. The summed E-state index contributed by atoms with van der Waals surface area (Å²) in [6.45, 7) is 2.57. The van der Waals surface area contributed by atoms with Crippen LogP contribution in [-0.4, -0.2) is 6.54 Å². The molecule has 0 heterocycles. The largest absolute Gasteiger partial charge is 0.298 e. The molecule has 0 bridgehead atoms. The van der Waals surface area contributed by atoms with Gasteiger partial charge >= 0.3 is 0 Å². The minimum atomic E-state index is -0.469. The number of hydrogen-bond donors (Lipinski definition) is 1. The van der Waals surface area contributed by atoms with Crippen LogP contribution >= 0.6 is 11.6 Å². The van der Waals surface area contributed by atoms with Crippen LogP contribution in [0.5, 0.6) is 0 Å². The van der Waals surface area contributed by atoms with Crippen LogP contribution in [0.1, 0.15) is 18.5 Å². The van der Waals surface area contributed by atoms with Crippen molar-refractivity contribution in [3.05, 3.63) is 34.6 Å². The van der Waals surface area contributed by atoms with Crippen molar-refractivity contribution in [2.75, 3.05) is 6.54 Å². The molecule has 14 heavy (non-hydrogen) atoms.